The van der Waals surface area contributed by atoms with Gasteiger partial charge in [0.05, 0.1) is 22.2 Å². The molecule has 7 heteroatoms. The van der Waals surface area contributed by atoms with Crippen LogP contribution in [0.3, 0.4) is 0 Å². The number of carbonyl (C=O) groups excluding carboxylic acids is 1. The van der Waals surface area contributed by atoms with E-state index in [-0.39, 0.29) is 11.7 Å². The molecule has 0 aliphatic carbocycles. The Morgan fingerprint density at radius 2 is 2.04 bits per heavy atom. The molecular weight excluding hydrogens is 440 g/mol. The van der Waals surface area contributed by atoms with Crippen LogP contribution in [0.4, 0.5) is 5.69 Å². The van der Waals surface area contributed by atoms with Crippen LogP contribution in [0.5, 0.6) is 11.5 Å². The van der Waals surface area contributed by atoms with E-state index in [9.17, 15) is 9.90 Å². The molecule has 146 valence electrons. The molecule has 28 heavy (non-hydrogen) atoms. The Bertz CT molecular complexity index is 1000. The number of rotatable bonds is 4. The van der Waals surface area contributed by atoms with Crippen molar-refractivity contribution in [2.75, 3.05) is 13.7 Å². The van der Waals surface area contributed by atoms with Crippen LogP contribution >= 0.6 is 27.7 Å². The molecule has 1 amide bonds. The van der Waals surface area contributed by atoms with Crippen molar-refractivity contribution in [3.05, 3.63) is 56.4 Å². The van der Waals surface area contributed by atoms with E-state index >= 15 is 0 Å². The summed E-state index contributed by atoms with van der Waals surface area (Å²) in [6.07, 6.45) is 1.79. The van der Waals surface area contributed by atoms with Crippen molar-refractivity contribution in [1.29, 1.82) is 0 Å². The topological polar surface area (TPSA) is 62.1 Å². The highest BCUT2D eigenvalue weighted by Crippen LogP contribution is 2.38. The Morgan fingerprint density at radius 3 is 2.71 bits per heavy atom. The van der Waals surface area contributed by atoms with Gasteiger partial charge in [-0.1, -0.05) is 12.1 Å². The summed E-state index contributed by atoms with van der Waals surface area (Å²) in [6, 6.07) is 9.53. The number of carbonyl (C=O) groups is 1. The molecule has 0 saturated carbocycles. The average Bonchev–Trinajstić information content (AvgIpc) is 2.95. The van der Waals surface area contributed by atoms with Crippen molar-refractivity contribution in [2.45, 2.75) is 20.8 Å². The molecule has 1 fully saturated rings. The summed E-state index contributed by atoms with van der Waals surface area (Å²) in [7, 11) is 1.49. The van der Waals surface area contributed by atoms with E-state index in [2.05, 4.69) is 15.9 Å². The normalized spacial score (nSPS) is 17.0. The fourth-order valence-corrected chi connectivity index (χ4v) is 4.31. The van der Waals surface area contributed by atoms with E-state index in [1.54, 1.807) is 23.1 Å². The summed E-state index contributed by atoms with van der Waals surface area (Å²) in [5.74, 6) is 0.287. The van der Waals surface area contributed by atoms with Crippen LogP contribution in [0.2, 0.25) is 0 Å². The molecule has 0 aromatic heterocycles. The molecule has 1 N–H and O–H groups in total. The lowest BCUT2D eigenvalue weighted by Gasteiger charge is -2.12. The summed E-state index contributed by atoms with van der Waals surface area (Å²) in [5.41, 5.74) is 3.80. The van der Waals surface area contributed by atoms with Gasteiger partial charge in [-0.15, -0.1) is 0 Å². The molecule has 0 spiro atoms. The third-order valence-electron chi connectivity index (χ3n) is 4.35. The quantitative estimate of drug-likeness (QED) is 0.619. The van der Waals surface area contributed by atoms with Crippen LogP contribution in [0, 0.1) is 13.8 Å². The monoisotopic (exact) mass is 460 g/mol. The minimum absolute atomic E-state index is 0.0300. The van der Waals surface area contributed by atoms with E-state index in [1.807, 2.05) is 39.0 Å². The molecule has 0 radical (unpaired) electrons. The third kappa shape index (κ3) is 4.10. The molecular formula is C21H21BrN2O3S. The SMILES string of the molecule is CCN1C(=O)/C(=C\c2cc(Br)c(O)c(OC)c2)SC1=Nc1cc(C)ccc1C. The molecule has 1 saturated heterocycles. The number of halogens is 1. The van der Waals surface area contributed by atoms with Crippen molar-refractivity contribution in [2.24, 2.45) is 4.99 Å². The van der Waals surface area contributed by atoms with Crippen molar-refractivity contribution >= 4 is 50.5 Å². The Kier molecular flexibility index (Phi) is 6.15. The highest BCUT2D eigenvalue weighted by molar-refractivity contribution is 9.10. The third-order valence-corrected chi connectivity index (χ3v) is 5.96. The molecule has 0 bridgehead atoms. The van der Waals surface area contributed by atoms with Crippen LogP contribution in [-0.4, -0.2) is 34.7 Å². The minimum atomic E-state index is -0.0836. The minimum Gasteiger partial charge on any atom is -0.503 e. The van der Waals surface area contributed by atoms with Crippen LogP contribution in [0.15, 0.2) is 44.7 Å². The molecule has 5 nitrogen and oxygen atoms in total. The van der Waals surface area contributed by atoms with Gasteiger partial charge in [0, 0.05) is 6.54 Å². The summed E-state index contributed by atoms with van der Waals surface area (Å²) in [4.78, 5) is 19.9. The van der Waals surface area contributed by atoms with Gasteiger partial charge in [0.2, 0.25) is 0 Å². The number of thioether (sulfide) groups is 1. The second-order valence-electron chi connectivity index (χ2n) is 6.40. The number of aromatic hydroxyl groups is 1. The van der Waals surface area contributed by atoms with E-state index < -0.39 is 0 Å². The number of likely N-dealkylation sites (N-methyl/N-ethyl adjacent to an activating group) is 1. The zero-order chi connectivity index (χ0) is 20.4. The highest BCUT2D eigenvalue weighted by Gasteiger charge is 2.32. The van der Waals surface area contributed by atoms with Crippen LogP contribution in [-0.2, 0) is 4.79 Å². The van der Waals surface area contributed by atoms with Crippen LogP contribution in [0.1, 0.15) is 23.6 Å². The van der Waals surface area contributed by atoms with Crippen molar-refractivity contribution in [3.8, 4) is 11.5 Å². The first kappa shape index (κ1) is 20.5. The largest absolute Gasteiger partial charge is 0.503 e. The van der Waals surface area contributed by atoms with Crippen molar-refractivity contribution in [1.82, 2.24) is 4.90 Å². The number of amidine groups is 1. The Labute approximate surface area is 177 Å². The molecule has 3 rings (SSSR count). The molecule has 1 aliphatic rings. The Hall–Kier alpha value is -2.25. The number of aryl methyl sites for hydroxylation is 2. The molecule has 0 unspecified atom stereocenters. The van der Waals surface area contributed by atoms with Gasteiger partial charge in [-0.25, -0.2) is 4.99 Å². The molecule has 1 aliphatic heterocycles. The lowest BCUT2D eigenvalue weighted by Crippen LogP contribution is -2.28. The Morgan fingerprint density at radius 1 is 1.29 bits per heavy atom. The fraction of sp³-hybridized carbons (Fsp3) is 0.238. The van der Waals surface area contributed by atoms with Gasteiger partial charge < -0.3 is 9.84 Å². The summed E-state index contributed by atoms with van der Waals surface area (Å²) >= 11 is 4.66. The van der Waals surface area contributed by atoms with Gasteiger partial charge in [0.15, 0.2) is 16.7 Å². The first-order valence-corrected chi connectivity index (χ1v) is 10.4. The standard InChI is InChI=1S/C21H21BrN2O3S/c1-5-24-20(26)18(11-14-9-15(22)19(25)17(10-14)27-4)28-21(24)23-16-8-12(2)6-7-13(16)3/h6-11,25H,5H2,1-4H3/b18-11+,23-21?. The number of nitrogens with zero attached hydrogens (tertiary/aromatic N) is 2. The van der Waals surface area contributed by atoms with E-state index in [4.69, 9.17) is 9.73 Å². The lowest BCUT2D eigenvalue weighted by molar-refractivity contribution is -0.122. The fourth-order valence-electron chi connectivity index (χ4n) is 2.80. The van der Waals surface area contributed by atoms with Crippen molar-refractivity contribution in [3.63, 3.8) is 0 Å². The highest BCUT2D eigenvalue weighted by atomic mass is 79.9. The van der Waals surface area contributed by atoms with Gasteiger partial charge in [0.1, 0.15) is 0 Å². The van der Waals surface area contributed by atoms with Gasteiger partial charge >= 0.3 is 0 Å². The maximum atomic E-state index is 12.9. The predicted octanol–water partition coefficient (Wildman–Crippen LogP) is 5.40. The zero-order valence-corrected chi connectivity index (χ0v) is 18.5. The molecule has 2 aromatic rings. The zero-order valence-electron chi connectivity index (χ0n) is 16.1. The number of methoxy groups -OCH3 is 1. The maximum absolute atomic E-state index is 12.9. The number of ether oxygens (including phenoxy) is 1. The van der Waals surface area contributed by atoms with Gasteiger partial charge in [-0.05, 0) is 89.4 Å². The number of phenols is 1. The summed E-state index contributed by atoms with van der Waals surface area (Å²) in [6.45, 7) is 6.50. The van der Waals surface area contributed by atoms with E-state index in [1.165, 1.54) is 18.9 Å². The van der Waals surface area contributed by atoms with Gasteiger partial charge in [0.25, 0.3) is 5.91 Å². The second kappa shape index (κ2) is 8.41. The smallest absolute Gasteiger partial charge is 0.266 e. The van der Waals surface area contributed by atoms with E-state index in [0.717, 1.165) is 22.4 Å². The summed E-state index contributed by atoms with van der Waals surface area (Å²) < 4.78 is 5.69. The summed E-state index contributed by atoms with van der Waals surface area (Å²) in [5, 5.41) is 10.6. The van der Waals surface area contributed by atoms with Gasteiger partial charge in [-0.2, -0.15) is 0 Å². The number of benzene rings is 2. The van der Waals surface area contributed by atoms with Crippen molar-refractivity contribution < 1.29 is 14.6 Å². The van der Waals surface area contributed by atoms with Crippen LogP contribution in [0.25, 0.3) is 6.08 Å². The van der Waals surface area contributed by atoms with E-state index in [0.29, 0.717) is 26.8 Å². The number of hydrogen-bond acceptors (Lipinski definition) is 5. The predicted molar refractivity (Wildman–Crippen MR) is 118 cm³/mol. The number of phenolic OH excluding ortho intramolecular Hbond substituents is 1. The second-order valence-corrected chi connectivity index (χ2v) is 8.26. The number of aliphatic imine (C=N–C) groups is 1. The maximum Gasteiger partial charge on any atom is 0.266 e. The molecule has 1 heterocycles. The Balaban J connectivity index is 2.00. The molecule has 0 atom stereocenters. The van der Waals surface area contributed by atoms with Gasteiger partial charge in [-0.3, -0.25) is 9.69 Å². The lowest BCUT2D eigenvalue weighted by atomic mass is 10.1. The first-order valence-electron chi connectivity index (χ1n) is 8.78. The number of hydrogen-bond donors (Lipinski definition) is 1. The molecule has 2 aromatic carbocycles. The average molecular weight is 461 g/mol. The number of amides is 1. The first-order chi connectivity index (χ1) is 13.3. The van der Waals surface area contributed by atoms with Crippen LogP contribution < -0.4 is 4.74 Å².